The number of amidine groups is 1. The fourth-order valence-corrected chi connectivity index (χ4v) is 6.05. The van der Waals surface area contributed by atoms with Gasteiger partial charge in [0.05, 0.1) is 0 Å². The fraction of sp³-hybridized carbons (Fsp3) is 0.100. The van der Waals surface area contributed by atoms with E-state index in [4.69, 9.17) is 10.7 Å². The lowest BCUT2D eigenvalue weighted by Gasteiger charge is -2.32. The molecular weight excluding hydrogens is 550 g/mol. The molecule has 0 amide bonds. The Hall–Kier alpha value is -5.36. The Balaban J connectivity index is 1.27. The first kappa shape index (κ1) is 28.4. The zero-order chi connectivity index (χ0) is 30.6. The highest BCUT2D eigenvalue weighted by Gasteiger charge is 2.25. The molecule has 1 heterocycles. The number of benzene rings is 6. The molecule has 1 aliphatic rings. The lowest BCUT2D eigenvalue weighted by molar-refractivity contribution is 0.409. The Morgan fingerprint density at radius 3 is 2.07 bits per heavy atom. The number of nitrogens with zero attached hydrogens (tertiary/aromatic N) is 2. The molecule has 4 N–H and O–H groups in total. The van der Waals surface area contributed by atoms with E-state index >= 15 is 0 Å². The predicted molar refractivity (Wildman–Crippen MR) is 187 cm³/mol. The first-order valence-electron chi connectivity index (χ1n) is 15.3. The molecule has 7 rings (SSSR count). The zero-order valence-corrected chi connectivity index (χ0v) is 25.1. The monoisotopic (exact) mass is 585 g/mol. The molecule has 0 aromatic heterocycles. The molecule has 6 aromatic carbocycles. The summed E-state index contributed by atoms with van der Waals surface area (Å²) in [5, 5.41) is 9.75. The maximum absolute atomic E-state index is 6.23. The van der Waals surface area contributed by atoms with Crippen LogP contribution in [-0.4, -0.2) is 12.1 Å². The maximum Gasteiger partial charge on any atom is 0.131 e. The number of rotatable bonds is 7. The molecule has 6 aromatic rings. The van der Waals surface area contributed by atoms with Gasteiger partial charge in [-0.3, -0.25) is 10.3 Å². The van der Waals surface area contributed by atoms with Crippen LogP contribution in [0.25, 0.3) is 33.0 Å². The molecule has 0 radical (unpaired) electrons. The van der Waals surface area contributed by atoms with Crippen molar-refractivity contribution in [2.75, 3.05) is 0 Å². The van der Waals surface area contributed by atoms with Gasteiger partial charge >= 0.3 is 0 Å². The van der Waals surface area contributed by atoms with Gasteiger partial charge in [0, 0.05) is 5.56 Å². The second-order valence-electron chi connectivity index (χ2n) is 11.2. The van der Waals surface area contributed by atoms with Crippen molar-refractivity contribution >= 4 is 22.8 Å². The summed E-state index contributed by atoms with van der Waals surface area (Å²) in [6.07, 6.45) is 1.10. The number of fused-ring (bicyclic) bond motifs is 1. The predicted octanol–water partition coefficient (Wildman–Crippen LogP) is 8.56. The van der Waals surface area contributed by atoms with Crippen molar-refractivity contribution in [3.05, 3.63) is 168 Å². The van der Waals surface area contributed by atoms with Crippen molar-refractivity contribution in [3.63, 3.8) is 0 Å². The number of nitrogens with one attached hydrogen (secondary N) is 2. The van der Waals surface area contributed by atoms with Gasteiger partial charge in [0.2, 0.25) is 0 Å². The third-order valence-corrected chi connectivity index (χ3v) is 8.36. The molecule has 1 aliphatic heterocycles. The SMILES string of the molecule is C/C=N\C(N)c1ccc(-c2ccc3ccccc3c2-c2ccc(C3N=C(c4ccccc4)NC(c4ccccc4)N3)cc2)cc1. The molecule has 5 nitrogen and oxygen atoms in total. The van der Waals surface area contributed by atoms with Crippen molar-refractivity contribution in [2.45, 2.75) is 25.4 Å². The summed E-state index contributed by atoms with van der Waals surface area (Å²) in [5.41, 5.74) is 15.2. The lowest BCUT2D eigenvalue weighted by atomic mass is 9.89. The maximum atomic E-state index is 6.23. The Morgan fingerprint density at radius 1 is 0.667 bits per heavy atom. The molecule has 0 bridgehead atoms. The van der Waals surface area contributed by atoms with Crippen molar-refractivity contribution in [2.24, 2.45) is 15.7 Å². The molecule has 3 atom stereocenters. The highest BCUT2D eigenvalue weighted by molar-refractivity contribution is 6.04. The van der Waals surface area contributed by atoms with Crippen LogP contribution in [0.1, 0.15) is 47.7 Å². The van der Waals surface area contributed by atoms with E-state index in [0.29, 0.717) is 0 Å². The second kappa shape index (κ2) is 12.7. The number of nitrogens with two attached hydrogens (primary N) is 1. The van der Waals surface area contributed by atoms with Crippen LogP contribution < -0.4 is 16.4 Å². The van der Waals surface area contributed by atoms with Crippen LogP contribution in [-0.2, 0) is 0 Å². The lowest BCUT2D eigenvalue weighted by Crippen LogP contribution is -2.44. The van der Waals surface area contributed by atoms with E-state index in [0.717, 1.165) is 39.2 Å². The second-order valence-corrected chi connectivity index (χ2v) is 11.2. The molecule has 3 unspecified atom stereocenters. The number of hydrogen-bond donors (Lipinski definition) is 3. The van der Waals surface area contributed by atoms with Gasteiger partial charge < -0.3 is 11.1 Å². The van der Waals surface area contributed by atoms with Gasteiger partial charge in [0.25, 0.3) is 0 Å². The molecule has 0 fully saturated rings. The van der Waals surface area contributed by atoms with Crippen molar-refractivity contribution < 1.29 is 0 Å². The van der Waals surface area contributed by atoms with Gasteiger partial charge in [-0.05, 0) is 62.9 Å². The van der Waals surface area contributed by atoms with Crippen LogP contribution >= 0.6 is 0 Å². The Kier molecular flexibility index (Phi) is 8.02. The van der Waals surface area contributed by atoms with Gasteiger partial charge in [-0.2, -0.15) is 0 Å². The normalized spacial score (nSPS) is 17.2. The van der Waals surface area contributed by atoms with Crippen LogP contribution in [0.5, 0.6) is 0 Å². The Labute approximate surface area is 264 Å². The molecule has 0 aliphatic carbocycles. The van der Waals surface area contributed by atoms with E-state index in [1.165, 1.54) is 21.9 Å². The van der Waals surface area contributed by atoms with E-state index in [1.807, 2.05) is 31.2 Å². The standard InChI is InChI=1S/C40H35N5/c1-2-42-37(41)30-21-17-28(18-22-30)35-26-25-27-11-9-10-16-34(27)36(35)29-19-23-33(24-20-29)40-44-38(31-12-5-3-6-13-31)43-39(45-40)32-14-7-4-8-15-32/h2-26,37-38,40,44H,41H2,1H3,(H,43,45)/b42-2-. The van der Waals surface area contributed by atoms with Crippen molar-refractivity contribution in [1.29, 1.82) is 0 Å². The van der Waals surface area contributed by atoms with Gasteiger partial charge in [-0.1, -0.05) is 146 Å². The van der Waals surface area contributed by atoms with Gasteiger partial charge in [-0.25, -0.2) is 4.99 Å². The highest BCUT2D eigenvalue weighted by atomic mass is 15.3. The molecule has 0 saturated heterocycles. The number of aliphatic imine (C=N–C) groups is 2. The minimum Gasteiger partial charge on any atom is -0.350 e. The van der Waals surface area contributed by atoms with Crippen LogP contribution in [0, 0.1) is 0 Å². The molecule has 5 heteroatoms. The minimum atomic E-state index is -0.359. The average Bonchev–Trinajstić information content (AvgIpc) is 3.12. The summed E-state index contributed by atoms with van der Waals surface area (Å²) in [7, 11) is 0. The zero-order valence-electron chi connectivity index (χ0n) is 25.1. The topological polar surface area (TPSA) is 74.8 Å². The summed E-state index contributed by atoms with van der Waals surface area (Å²) in [5.74, 6) is 0.876. The average molecular weight is 586 g/mol. The summed E-state index contributed by atoms with van der Waals surface area (Å²) in [6, 6.07) is 51.0. The summed E-state index contributed by atoms with van der Waals surface area (Å²) in [6.45, 7) is 1.89. The first-order valence-corrected chi connectivity index (χ1v) is 15.3. The first-order chi connectivity index (χ1) is 22.2. The third-order valence-electron chi connectivity index (χ3n) is 8.36. The molecule has 0 spiro atoms. The molecular formula is C40H35N5. The van der Waals surface area contributed by atoms with Crippen LogP contribution in [0.4, 0.5) is 0 Å². The van der Waals surface area contributed by atoms with Gasteiger partial charge in [0.15, 0.2) is 0 Å². The van der Waals surface area contributed by atoms with Crippen molar-refractivity contribution in [1.82, 2.24) is 10.6 Å². The molecule has 45 heavy (non-hydrogen) atoms. The quantitative estimate of drug-likeness (QED) is 0.164. The van der Waals surface area contributed by atoms with Gasteiger partial charge in [0.1, 0.15) is 24.3 Å². The molecule has 0 saturated carbocycles. The third kappa shape index (κ3) is 5.92. The number of hydrogen-bond acceptors (Lipinski definition) is 5. The van der Waals surface area contributed by atoms with Gasteiger partial charge in [-0.15, -0.1) is 0 Å². The Bertz CT molecular complexity index is 1960. The fourth-order valence-electron chi connectivity index (χ4n) is 6.05. The minimum absolute atomic E-state index is 0.0765. The van der Waals surface area contributed by atoms with Crippen LogP contribution in [0.3, 0.4) is 0 Å². The Morgan fingerprint density at radius 2 is 1.33 bits per heavy atom. The molecule has 220 valence electrons. The smallest absolute Gasteiger partial charge is 0.131 e. The van der Waals surface area contributed by atoms with E-state index in [9.17, 15) is 0 Å². The largest absolute Gasteiger partial charge is 0.350 e. The van der Waals surface area contributed by atoms with E-state index in [2.05, 4.69) is 137 Å². The van der Waals surface area contributed by atoms with Crippen LogP contribution in [0.2, 0.25) is 0 Å². The summed E-state index contributed by atoms with van der Waals surface area (Å²) >= 11 is 0. The summed E-state index contributed by atoms with van der Waals surface area (Å²) in [4.78, 5) is 9.45. The highest BCUT2D eigenvalue weighted by Crippen LogP contribution is 2.39. The van der Waals surface area contributed by atoms with Crippen LogP contribution in [0.15, 0.2) is 156 Å². The van der Waals surface area contributed by atoms with E-state index in [1.54, 1.807) is 6.21 Å². The summed E-state index contributed by atoms with van der Waals surface area (Å²) < 4.78 is 0. The van der Waals surface area contributed by atoms with E-state index in [-0.39, 0.29) is 18.5 Å². The van der Waals surface area contributed by atoms with Crippen molar-refractivity contribution in [3.8, 4) is 22.3 Å². The van der Waals surface area contributed by atoms with E-state index < -0.39 is 0 Å².